The first-order valence-corrected chi connectivity index (χ1v) is 12.0. The lowest BCUT2D eigenvalue weighted by Gasteiger charge is -2.11. The van der Waals surface area contributed by atoms with Gasteiger partial charge in [-0.25, -0.2) is 18.1 Å². The Morgan fingerprint density at radius 2 is 1.13 bits per heavy atom. The van der Waals surface area contributed by atoms with E-state index in [1.807, 2.05) is 27.7 Å². The smallest absolute Gasteiger partial charge is 0.222 e. The predicted molar refractivity (Wildman–Crippen MR) is 116 cm³/mol. The van der Waals surface area contributed by atoms with E-state index in [9.17, 15) is 9.13 Å². The summed E-state index contributed by atoms with van der Waals surface area (Å²) in [5, 5.41) is 0. The van der Waals surface area contributed by atoms with Gasteiger partial charge in [0.1, 0.15) is 0 Å². The van der Waals surface area contributed by atoms with Crippen molar-refractivity contribution in [3.05, 3.63) is 70.2 Å². The van der Waals surface area contributed by atoms with E-state index in [2.05, 4.69) is 12.2 Å². The predicted octanol–water partition coefficient (Wildman–Crippen LogP) is 7.82. The monoisotopic (exact) mass is 448 g/mol. The van der Waals surface area contributed by atoms with E-state index in [-0.39, 0.29) is 11.5 Å². The number of hydrogen-bond acceptors (Lipinski definition) is 6. The third-order valence-corrected chi connectivity index (χ3v) is 6.31. The summed E-state index contributed by atoms with van der Waals surface area (Å²) in [5.41, 5.74) is 4.00. The maximum absolute atomic E-state index is 12.3. The second kappa shape index (κ2) is 10.1. The molecule has 0 radical (unpaired) electrons. The lowest BCUT2D eigenvalue weighted by Crippen LogP contribution is -2.00. The number of allylic oxidation sites excluding steroid dienone is 6. The molecule has 30 heavy (non-hydrogen) atoms. The molecule has 158 valence electrons. The van der Waals surface area contributed by atoms with E-state index in [4.69, 9.17) is 18.1 Å². The van der Waals surface area contributed by atoms with Gasteiger partial charge in [0.05, 0.1) is 0 Å². The molecular weight excluding hydrogens is 422 g/mol. The second-order valence-corrected chi connectivity index (χ2v) is 8.98. The Bertz CT molecular complexity index is 912. The van der Waals surface area contributed by atoms with Crippen LogP contribution in [0.15, 0.2) is 70.2 Å². The molecule has 0 aliphatic heterocycles. The Kier molecular flexibility index (Phi) is 7.47. The van der Waals surface area contributed by atoms with E-state index in [1.54, 1.807) is 18.2 Å². The maximum atomic E-state index is 12.3. The summed E-state index contributed by atoms with van der Waals surface area (Å²) in [7, 11) is -4.83. The summed E-state index contributed by atoms with van der Waals surface area (Å²) < 4.78 is 46.6. The molecule has 0 amide bonds. The molecule has 0 saturated heterocycles. The van der Waals surface area contributed by atoms with Crippen molar-refractivity contribution in [3.63, 3.8) is 0 Å². The molecule has 0 aromatic heterocycles. The SMILES string of the molecule is CC1=CCCC(C)=C1O[P+](=O)Oc1cccc(O[P+](=O)OC2=C(C)CCC=C2C)c1. The normalized spacial score (nSPS) is 17.7. The molecule has 0 spiro atoms. The minimum absolute atomic E-state index is 0.289. The zero-order valence-corrected chi connectivity index (χ0v) is 19.4. The van der Waals surface area contributed by atoms with Gasteiger partial charge >= 0.3 is 16.5 Å². The van der Waals surface area contributed by atoms with Crippen molar-refractivity contribution in [2.24, 2.45) is 0 Å². The average molecular weight is 448 g/mol. The summed E-state index contributed by atoms with van der Waals surface area (Å²) in [5.74, 6) is 1.81. The lowest BCUT2D eigenvalue weighted by atomic mass is 10.00. The topological polar surface area (TPSA) is 71.1 Å². The van der Waals surface area contributed by atoms with Crippen molar-refractivity contribution >= 4 is 16.5 Å². The fourth-order valence-corrected chi connectivity index (χ4v) is 4.89. The van der Waals surface area contributed by atoms with Gasteiger partial charge in [-0.1, -0.05) is 18.2 Å². The fraction of sp³-hybridized carbons (Fsp3) is 0.364. The van der Waals surface area contributed by atoms with Crippen LogP contribution in [0, 0.1) is 0 Å². The molecule has 8 heteroatoms. The van der Waals surface area contributed by atoms with Crippen LogP contribution in [0.3, 0.4) is 0 Å². The van der Waals surface area contributed by atoms with Crippen LogP contribution in [-0.4, -0.2) is 0 Å². The summed E-state index contributed by atoms with van der Waals surface area (Å²) in [6.07, 6.45) is 7.75. The molecule has 0 N–H and O–H groups in total. The number of rotatable bonds is 8. The van der Waals surface area contributed by atoms with Gasteiger partial charge in [-0.3, -0.25) is 0 Å². The molecule has 2 unspecified atom stereocenters. The van der Waals surface area contributed by atoms with E-state index >= 15 is 0 Å². The first kappa shape index (κ1) is 22.3. The molecule has 2 aliphatic rings. The maximum Gasteiger partial charge on any atom is 0.805 e. The molecule has 1 aromatic rings. The zero-order valence-electron chi connectivity index (χ0n) is 17.6. The quantitative estimate of drug-likeness (QED) is 0.378. The minimum atomic E-state index is -2.41. The summed E-state index contributed by atoms with van der Waals surface area (Å²) in [4.78, 5) is 0. The molecule has 0 heterocycles. The van der Waals surface area contributed by atoms with Gasteiger partial charge < -0.3 is 0 Å². The van der Waals surface area contributed by atoms with Crippen molar-refractivity contribution < 1.29 is 27.2 Å². The van der Waals surface area contributed by atoms with Gasteiger partial charge in [0, 0.05) is 15.2 Å². The second-order valence-electron chi connectivity index (χ2n) is 7.36. The minimum Gasteiger partial charge on any atom is -0.222 e. The van der Waals surface area contributed by atoms with E-state index in [0.717, 1.165) is 48.0 Å². The van der Waals surface area contributed by atoms with Gasteiger partial charge in [-0.05, 0) is 87.8 Å². The highest BCUT2D eigenvalue weighted by Crippen LogP contribution is 2.40. The lowest BCUT2D eigenvalue weighted by molar-refractivity contribution is 0.352. The molecule has 2 atom stereocenters. The van der Waals surface area contributed by atoms with Crippen LogP contribution in [0.4, 0.5) is 0 Å². The van der Waals surface area contributed by atoms with Crippen molar-refractivity contribution in [2.75, 3.05) is 0 Å². The van der Waals surface area contributed by atoms with Crippen LogP contribution in [0.5, 0.6) is 11.5 Å². The van der Waals surface area contributed by atoms with E-state index in [1.165, 1.54) is 6.07 Å². The molecule has 1 aromatic carbocycles. The summed E-state index contributed by atoms with van der Waals surface area (Å²) in [6.45, 7) is 7.76. The van der Waals surface area contributed by atoms with Crippen LogP contribution in [0.2, 0.25) is 0 Å². The van der Waals surface area contributed by atoms with Crippen molar-refractivity contribution in [1.82, 2.24) is 0 Å². The third-order valence-electron chi connectivity index (χ3n) is 4.93. The molecule has 6 nitrogen and oxygen atoms in total. The average Bonchev–Trinajstić information content (AvgIpc) is 2.68. The fourth-order valence-electron chi connectivity index (χ4n) is 3.34. The van der Waals surface area contributed by atoms with Crippen LogP contribution in [0.25, 0.3) is 0 Å². The zero-order chi connectivity index (χ0) is 21.7. The van der Waals surface area contributed by atoms with Gasteiger partial charge in [0.15, 0.2) is 23.0 Å². The highest BCUT2D eigenvalue weighted by Gasteiger charge is 2.31. The Morgan fingerprint density at radius 1 is 0.700 bits per heavy atom. The molecule has 2 aliphatic carbocycles. The Balaban J connectivity index is 1.61. The Labute approximate surface area is 179 Å². The van der Waals surface area contributed by atoms with Crippen LogP contribution < -0.4 is 9.05 Å². The molecule has 3 rings (SSSR count). The van der Waals surface area contributed by atoms with Crippen molar-refractivity contribution in [3.8, 4) is 11.5 Å². The van der Waals surface area contributed by atoms with Gasteiger partial charge in [-0.2, -0.15) is 0 Å². The van der Waals surface area contributed by atoms with Crippen molar-refractivity contribution in [1.29, 1.82) is 0 Å². The molecule has 0 saturated carbocycles. The standard InChI is InChI=1S/C22H26O6P2/c1-15-8-5-9-16(2)21(15)27-29(23)25-19-12-7-13-20(14-19)26-30(24)28-22-17(3)10-6-11-18(22)4/h7-8,10,12-14H,5-6,9,11H2,1-4H3/q+2. The summed E-state index contributed by atoms with van der Waals surface area (Å²) in [6, 6.07) is 6.41. The largest absolute Gasteiger partial charge is 0.805 e. The van der Waals surface area contributed by atoms with Crippen LogP contribution in [-0.2, 0) is 18.2 Å². The number of benzene rings is 1. The molecule has 0 bridgehead atoms. The van der Waals surface area contributed by atoms with Crippen LogP contribution in [0.1, 0.15) is 53.4 Å². The Hall–Kier alpha value is -2.42. The van der Waals surface area contributed by atoms with Gasteiger partial charge in [0.2, 0.25) is 0 Å². The highest BCUT2D eigenvalue weighted by molar-refractivity contribution is 7.34. The van der Waals surface area contributed by atoms with Gasteiger partial charge in [0.25, 0.3) is 0 Å². The third kappa shape index (κ3) is 5.81. The van der Waals surface area contributed by atoms with Crippen molar-refractivity contribution in [2.45, 2.75) is 53.4 Å². The van der Waals surface area contributed by atoms with E-state index < -0.39 is 16.5 Å². The Morgan fingerprint density at radius 3 is 1.53 bits per heavy atom. The van der Waals surface area contributed by atoms with Gasteiger partial charge in [-0.15, -0.1) is 0 Å². The first-order chi connectivity index (χ1) is 14.3. The summed E-state index contributed by atoms with van der Waals surface area (Å²) >= 11 is 0. The first-order valence-electron chi connectivity index (χ1n) is 9.83. The van der Waals surface area contributed by atoms with Crippen LogP contribution >= 0.6 is 16.5 Å². The van der Waals surface area contributed by atoms with E-state index in [0.29, 0.717) is 11.5 Å². The molecular formula is C22H26O6P2+2. The molecule has 0 fully saturated rings. The number of hydrogen-bond donors (Lipinski definition) is 0. The highest BCUT2D eigenvalue weighted by atomic mass is 31.1.